The van der Waals surface area contributed by atoms with Crippen LogP contribution < -0.4 is 14.8 Å². The first-order chi connectivity index (χ1) is 15.3. The average Bonchev–Trinajstić information content (AvgIpc) is 3.06. The molecule has 0 aliphatic carbocycles. The molecule has 0 saturated carbocycles. The van der Waals surface area contributed by atoms with Gasteiger partial charge in [-0.1, -0.05) is 29.8 Å². The standard InChI is InChI=1S/C23H24ClN3O5/c1-14-22(15(2)27(26-14)12-16-7-5-6-8-18(16)24)23(29)32-13-21(28)25-19-10-9-17(30-3)11-20(19)31-4/h5-11H,12-13H2,1-4H3,(H,25,28). The predicted octanol–water partition coefficient (Wildman–Crippen LogP) is 4.01. The Hall–Kier alpha value is -3.52. The van der Waals surface area contributed by atoms with E-state index in [1.54, 1.807) is 42.8 Å². The van der Waals surface area contributed by atoms with E-state index >= 15 is 0 Å². The van der Waals surface area contributed by atoms with Gasteiger partial charge in [0.2, 0.25) is 0 Å². The van der Waals surface area contributed by atoms with Crippen LogP contribution in [0.2, 0.25) is 5.02 Å². The van der Waals surface area contributed by atoms with E-state index in [0.29, 0.717) is 45.7 Å². The quantitative estimate of drug-likeness (QED) is 0.514. The van der Waals surface area contributed by atoms with Crippen molar-refractivity contribution in [2.45, 2.75) is 20.4 Å². The Morgan fingerprint density at radius 3 is 2.53 bits per heavy atom. The smallest absolute Gasteiger partial charge is 0.342 e. The molecule has 0 saturated heterocycles. The molecule has 9 heteroatoms. The maximum Gasteiger partial charge on any atom is 0.342 e. The van der Waals surface area contributed by atoms with E-state index in [4.69, 9.17) is 25.8 Å². The molecule has 1 aromatic heterocycles. The summed E-state index contributed by atoms with van der Waals surface area (Å²) in [4.78, 5) is 25.0. The third kappa shape index (κ3) is 5.20. The minimum absolute atomic E-state index is 0.326. The lowest BCUT2D eigenvalue weighted by atomic mass is 10.2. The van der Waals surface area contributed by atoms with Crippen molar-refractivity contribution in [2.24, 2.45) is 0 Å². The number of ether oxygens (including phenoxy) is 3. The van der Waals surface area contributed by atoms with Gasteiger partial charge in [0.15, 0.2) is 6.61 Å². The van der Waals surface area contributed by atoms with E-state index < -0.39 is 18.5 Å². The summed E-state index contributed by atoms with van der Waals surface area (Å²) in [6, 6.07) is 12.4. The number of carbonyl (C=O) groups is 2. The van der Waals surface area contributed by atoms with E-state index in [2.05, 4.69) is 10.4 Å². The lowest BCUT2D eigenvalue weighted by Gasteiger charge is -2.12. The number of rotatable bonds is 8. The highest BCUT2D eigenvalue weighted by Gasteiger charge is 2.21. The normalized spacial score (nSPS) is 10.5. The number of methoxy groups -OCH3 is 2. The van der Waals surface area contributed by atoms with Crippen LogP contribution in [0.25, 0.3) is 0 Å². The monoisotopic (exact) mass is 457 g/mol. The number of nitrogens with zero attached hydrogens (tertiary/aromatic N) is 2. The maximum atomic E-state index is 12.7. The summed E-state index contributed by atoms with van der Waals surface area (Å²) in [5.74, 6) is -0.106. The first kappa shape index (κ1) is 23.1. The van der Waals surface area contributed by atoms with Crippen LogP contribution in [0.15, 0.2) is 42.5 Å². The van der Waals surface area contributed by atoms with Gasteiger partial charge in [-0.25, -0.2) is 4.79 Å². The highest BCUT2D eigenvalue weighted by molar-refractivity contribution is 6.31. The Labute approximate surface area is 191 Å². The largest absolute Gasteiger partial charge is 0.497 e. The molecule has 0 aliphatic heterocycles. The molecule has 0 bridgehead atoms. The Balaban J connectivity index is 1.66. The fourth-order valence-electron chi connectivity index (χ4n) is 3.23. The minimum atomic E-state index is -0.623. The van der Waals surface area contributed by atoms with Gasteiger partial charge in [0.25, 0.3) is 5.91 Å². The summed E-state index contributed by atoms with van der Waals surface area (Å²) in [6.07, 6.45) is 0. The summed E-state index contributed by atoms with van der Waals surface area (Å²) in [6.45, 7) is 3.45. The van der Waals surface area contributed by atoms with Crippen molar-refractivity contribution >= 4 is 29.2 Å². The van der Waals surface area contributed by atoms with Crippen molar-refractivity contribution < 1.29 is 23.8 Å². The van der Waals surface area contributed by atoms with Crippen molar-refractivity contribution in [1.29, 1.82) is 0 Å². The maximum absolute atomic E-state index is 12.7. The first-order valence-corrected chi connectivity index (χ1v) is 10.2. The van der Waals surface area contributed by atoms with Crippen molar-refractivity contribution in [3.63, 3.8) is 0 Å². The fourth-order valence-corrected chi connectivity index (χ4v) is 3.42. The number of hydrogen-bond acceptors (Lipinski definition) is 6. The molecule has 0 spiro atoms. The molecule has 1 heterocycles. The van der Waals surface area contributed by atoms with Gasteiger partial charge in [0.05, 0.1) is 37.8 Å². The van der Waals surface area contributed by atoms with Gasteiger partial charge < -0.3 is 19.5 Å². The number of nitrogens with one attached hydrogen (secondary N) is 1. The van der Waals surface area contributed by atoms with Crippen LogP contribution in [0.1, 0.15) is 27.3 Å². The van der Waals surface area contributed by atoms with Crippen molar-refractivity contribution in [2.75, 3.05) is 26.1 Å². The van der Waals surface area contributed by atoms with E-state index in [-0.39, 0.29) is 0 Å². The molecular formula is C23H24ClN3O5. The van der Waals surface area contributed by atoms with Gasteiger partial charge in [-0.3, -0.25) is 9.48 Å². The molecule has 1 N–H and O–H groups in total. The summed E-state index contributed by atoms with van der Waals surface area (Å²) in [5, 5.41) is 7.71. The average molecular weight is 458 g/mol. The highest BCUT2D eigenvalue weighted by atomic mass is 35.5. The zero-order valence-corrected chi connectivity index (χ0v) is 19.0. The van der Waals surface area contributed by atoms with E-state index in [0.717, 1.165) is 5.56 Å². The summed E-state index contributed by atoms with van der Waals surface area (Å²) in [7, 11) is 3.02. The molecule has 1 amide bonds. The number of hydrogen-bond donors (Lipinski definition) is 1. The number of aryl methyl sites for hydroxylation is 1. The molecule has 0 unspecified atom stereocenters. The van der Waals surface area contributed by atoms with Gasteiger partial charge in [-0.15, -0.1) is 0 Å². The molecule has 0 radical (unpaired) electrons. The van der Waals surface area contributed by atoms with Gasteiger partial charge in [0, 0.05) is 11.1 Å². The van der Waals surface area contributed by atoms with Crippen LogP contribution in [0.5, 0.6) is 11.5 Å². The Morgan fingerprint density at radius 2 is 1.84 bits per heavy atom. The second-order valence-electron chi connectivity index (χ2n) is 6.99. The number of halogens is 1. The highest BCUT2D eigenvalue weighted by Crippen LogP contribution is 2.29. The van der Waals surface area contributed by atoms with Crippen LogP contribution >= 0.6 is 11.6 Å². The molecule has 0 aliphatic rings. The zero-order valence-electron chi connectivity index (χ0n) is 18.3. The number of esters is 1. The molecule has 8 nitrogen and oxygen atoms in total. The second-order valence-corrected chi connectivity index (χ2v) is 7.39. The van der Waals surface area contributed by atoms with E-state index in [9.17, 15) is 9.59 Å². The van der Waals surface area contributed by atoms with Crippen LogP contribution in [-0.2, 0) is 16.1 Å². The molecule has 0 atom stereocenters. The number of aromatic nitrogens is 2. The molecule has 2 aromatic carbocycles. The Kier molecular flexibility index (Phi) is 7.37. The Bertz CT molecular complexity index is 1140. The van der Waals surface area contributed by atoms with Crippen molar-refractivity contribution in [3.8, 4) is 11.5 Å². The molecule has 3 aromatic rings. The van der Waals surface area contributed by atoms with Crippen LogP contribution in [0, 0.1) is 13.8 Å². The number of anilines is 1. The van der Waals surface area contributed by atoms with Gasteiger partial charge in [-0.2, -0.15) is 5.10 Å². The van der Waals surface area contributed by atoms with Crippen LogP contribution in [-0.4, -0.2) is 42.5 Å². The van der Waals surface area contributed by atoms with Gasteiger partial charge in [0.1, 0.15) is 17.1 Å². The van der Waals surface area contributed by atoms with Crippen LogP contribution in [0.4, 0.5) is 5.69 Å². The first-order valence-electron chi connectivity index (χ1n) is 9.80. The summed E-state index contributed by atoms with van der Waals surface area (Å²) < 4.78 is 17.3. The van der Waals surface area contributed by atoms with Crippen molar-refractivity contribution in [1.82, 2.24) is 9.78 Å². The van der Waals surface area contributed by atoms with Crippen molar-refractivity contribution in [3.05, 3.63) is 70.0 Å². The molecule has 32 heavy (non-hydrogen) atoms. The predicted molar refractivity (Wildman–Crippen MR) is 121 cm³/mol. The SMILES string of the molecule is COc1ccc(NC(=O)COC(=O)c2c(C)nn(Cc3ccccc3Cl)c2C)c(OC)c1. The second kappa shape index (κ2) is 10.2. The minimum Gasteiger partial charge on any atom is -0.497 e. The molecular weight excluding hydrogens is 434 g/mol. The van der Waals surface area contributed by atoms with Gasteiger partial charge in [-0.05, 0) is 37.6 Å². The molecule has 168 valence electrons. The fraction of sp³-hybridized carbons (Fsp3) is 0.261. The summed E-state index contributed by atoms with van der Waals surface area (Å²) in [5.41, 5.74) is 2.79. The third-order valence-corrected chi connectivity index (χ3v) is 5.25. The summed E-state index contributed by atoms with van der Waals surface area (Å²) >= 11 is 6.23. The topological polar surface area (TPSA) is 91.7 Å². The number of amides is 1. The molecule has 0 fully saturated rings. The van der Waals surface area contributed by atoms with Gasteiger partial charge >= 0.3 is 5.97 Å². The van der Waals surface area contributed by atoms with E-state index in [1.807, 2.05) is 18.2 Å². The Morgan fingerprint density at radius 1 is 1.09 bits per heavy atom. The van der Waals surface area contributed by atoms with E-state index in [1.165, 1.54) is 14.2 Å². The number of carbonyl (C=O) groups excluding carboxylic acids is 2. The lowest BCUT2D eigenvalue weighted by molar-refractivity contribution is -0.119. The third-order valence-electron chi connectivity index (χ3n) is 4.88. The molecule has 3 rings (SSSR count). The zero-order chi connectivity index (χ0) is 23.3. The number of benzene rings is 2. The van der Waals surface area contributed by atoms with Crippen LogP contribution in [0.3, 0.4) is 0 Å². The lowest BCUT2D eigenvalue weighted by Crippen LogP contribution is -2.21.